The molecule has 130 valence electrons. The average Bonchev–Trinajstić information content (AvgIpc) is 3.07. The first-order valence-corrected chi connectivity index (χ1v) is 7.58. The van der Waals surface area contributed by atoms with Crippen LogP contribution in [0.2, 0.25) is 0 Å². The van der Waals surface area contributed by atoms with E-state index in [-0.39, 0.29) is 18.3 Å². The zero-order valence-electron chi connectivity index (χ0n) is 13.6. The van der Waals surface area contributed by atoms with Crippen molar-refractivity contribution >= 4 is 6.03 Å². The van der Waals surface area contributed by atoms with Crippen LogP contribution in [0.3, 0.4) is 0 Å². The molecule has 2 rings (SSSR count). The summed E-state index contributed by atoms with van der Waals surface area (Å²) in [4.78, 5) is 11.9. The molecule has 2 amide bonds. The standard InChI is InChI=1S/C17H21FN2O4/c1-11(8-14(21)16-4-3-7-24-16)20-17(22)19-10-12-5-6-15(23-2)13(18)9-12/h3-7,9,11,14,21H,8,10H2,1-2H3,(H2,19,20,22). The van der Waals surface area contributed by atoms with Gasteiger partial charge < -0.3 is 24.9 Å². The summed E-state index contributed by atoms with van der Waals surface area (Å²) >= 11 is 0. The molecular formula is C17H21FN2O4. The summed E-state index contributed by atoms with van der Waals surface area (Å²) < 4.78 is 23.5. The third kappa shape index (κ3) is 4.99. The number of furan rings is 1. The smallest absolute Gasteiger partial charge is 0.315 e. The normalized spacial score (nSPS) is 13.2. The minimum Gasteiger partial charge on any atom is -0.494 e. The number of aliphatic hydroxyl groups excluding tert-OH is 1. The number of ether oxygens (including phenoxy) is 1. The number of hydrogen-bond donors (Lipinski definition) is 3. The van der Waals surface area contributed by atoms with Gasteiger partial charge in [0.05, 0.1) is 13.4 Å². The fraction of sp³-hybridized carbons (Fsp3) is 0.353. The lowest BCUT2D eigenvalue weighted by Crippen LogP contribution is -2.41. The molecule has 24 heavy (non-hydrogen) atoms. The number of rotatable bonds is 7. The molecule has 0 aliphatic carbocycles. The number of nitrogens with one attached hydrogen (secondary N) is 2. The second kappa shape index (κ2) is 8.35. The third-order valence-electron chi connectivity index (χ3n) is 3.50. The van der Waals surface area contributed by atoms with Gasteiger partial charge in [0.25, 0.3) is 0 Å². The lowest BCUT2D eigenvalue weighted by atomic mass is 10.1. The van der Waals surface area contributed by atoms with E-state index in [4.69, 9.17) is 9.15 Å². The van der Waals surface area contributed by atoms with E-state index in [1.165, 1.54) is 25.5 Å². The van der Waals surface area contributed by atoms with Crippen LogP contribution in [-0.2, 0) is 6.54 Å². The van der Waals surface area contributed by atoms with Crippen molar-refractivity contribution in [1.82, 2.24) is 10.6 Å². The molecule has 0 aliphatic rings. The zero-order valence-corrected chi connectivity index (χ0v) is 13.6. The molecule has 0 fully saturated rings. The predicted molar refractivity (Wildman–Crippen MR) is 86.1 cm³/mol. The molecule has 1 aromatic heterocycles. The summed E-state index contributed by atoms with van der Waals surface area (Å²) in [6, 6.07) is 7.19. The summed E-state index contributed by atoms with van der Waals surface area (Å²) in [6.07, 6.45) is 1.01. The monoisotopic (exact) mass is 336 g/mol. The summed E-state index contributed by atoms with van der Waals surface area (Å²) in [5.74, 6) is 0.133. The van der Waals surface area contributed by atoms with Crippen LogP contribution in [0.5, 0.6) is 5.75 Å². The quantitative estimate of drug-likeness (QED) is 0.726. The van der Waals surface area contributed by atoms with Crippen molar-refractivity contribution in [3.8, 4) is 5.75 Å². The fourth-order valence-electron chi connectivity index (χ4n) is 2.27. The maximum atomic E-state index is 13.6. The van der Waals surface area contributed by atoms with Crippen LogP contribution >= 0.6 is 0 Å². The van der Waals surface area contributed by atoms with Gasteiger partial charge in [0.15, 0.2) is 11.6 Å². The topological polar surface area (TPSA) is 83.7 Å². The summed E-state index contributed by atoms with van der Waals surface area (Å²) in [5, 5.41) is 15.3. The van der Waals surface area contributed by atoms with E-state index >= 15 is 0 Å². The average molecular weight is 336 g/mol. The van der Waals surface area contributed by atoms with Crippen LogP contribution in [0.1, 0.15) is 30.8 Å². The molecule has 2 aromatic rings. The molecule has 7 heteroatoms. The molecule has 1 aromatic carbocycles. The molecule has 0 bridgehead atoms. The Morgan fingerprint density at radius 1 is 1.42 bits per heavy atom. The lowest BCUT2D eigenvalue weighted by Gasteiger charge is -2.17. The number of benzene rings is 1. The number of carbonyl (C=O) groups excluding carboxylic acids is 1. The Labute approximate surface area is 139 Å². The van der Waals surface area contributed by atoms with Gasteiger partial charge in [-0.2, -0.15) is 0 Å². The Morgan fingerprint density at radius 3 is 2.83 bits per heavy atom. The van der Waals surface area contributed by atoms with Gasteiger partial charge in [0.2, 0.25) is 0 Å². The van der Waals surface area contributed by atoms with Gasteiger partial charge in [-0.3, -0.25) is 0 Å². The van der Waals surface area contributed by atoms with E-state index in [2.05, 4.69) is 10.6 Å². The number of urea groups is 1. The molecule has 0 radical (unpaired) electrons. The number of methoxy groups -OCH3 is 1. The predicted octanol–water partition coefficient (Wildman–Crippen LogP) is 2.74. The maximum absolute atomic E-state index is 13.6. The van der Waals surface area contributed by atoms with Gasteiger partial charge in [0.1, 0.15) is 11.9 Å². The Hall–Kier alpha value is -2.54. The summed E-state index contributed by atoms with van der Waals surface area (Å²) in [5.41, 5.74) is 0.617. The van der Waals surface area contributed by atoms with Crippen molar-refractivity contribution in [2.45, 2.75) is 32.0 Å². The van der Waals surface area contributed by atoms with Gasteiger partial charge >= 0.3 is 6.03 Å². The highest BCUT2D eigenvalue weighted by Crippen LogP contribution is 2.19. The van der Waals surface area contributed by atoms with Crippen LogP contribution in [-0.4, -0.2) is 24.3 Å². The molecular weight excluding hydrogens is 315 g/mol. The van der Waals surface area contributed by atoms with Crippen molar-refractivity contribution in [3.63, 3.8) is 0 Å². The SMILES string of the molecule is COc1ccc(CNC(=O)NC(C)CC(O)c2ccco2)cc1F. The van der Waals surface area contributed by atoms with Gasteiger partial charge in [-0.15, -0.1) is 0 Å². The maximum Gasteiger partial charge on any atom is 0.315 e. The molecule has 6 nitrogen and oxygen atoms in total. The Bertz CT molecular complexity index is 661. The Morgan fingerprint density at radius 2 is 2.21 bits per heavy atom. The van der Waals surface area contributed by atoms with E-state index in [0.717, 1.165) is 0 Å². The molecule has 2 atom stereocenters. The second-order valence-electron chi connectivity index (χ2n) is 5.46. The number of hydrogen-bond acceptors (Lipinski definition) is 4. The highest BCUT2D eigenvalue weighted by Gasteiger charge is 2.16. The Balaban J connectivity index is 1.77. The molecule has 1 heterocycles. The second-order valence-corrected chi connectivity index (χ2v) is 5.46. The van der Waals surface area contributed by atoms with E-state index in [9.17, 15) is 14.3 Å². The number of carbonyl (C=O) groups is 1. The van der Waals surface area contributed by atoms with Crippen LogP contribution in [0.25, 0.3) is 0 Å². The molecule has 3 N–H and O–H groups in total. The highest BCUT2D eigenvalue weighted by atomic mass is 19.1. The fourth-order valence-corrected chi connectivity index (χ4v) is 2.27. The van der Waals surface area contributed by atoms with Crippen LogP contribution in [0.15, 0.2) is 41.0 Å². The summed E-state index contributed by atoms with van der Waals surface area (Å²) in [7, 11) is 1.39. The van der Waals surface area contributed by atoms with Crippen molar-refractivity contribution in [2.75, 3.05) is 7.11 Å². The van der Waals surface area contributed by atoms with Gasteiger partial charge in [-0.1, -0.05) is 6.07 Å². The lowest BCUT2D eigenvalue weighted by molar-refractivity contribution is 0.129. The summed E-state index contributed by atoms with van der Waals surface area (Å²) in [6.45, 7) is 1.96. The number of halogens is 1. The van der Waals surface area contributed by atoms with Gasteiger partial charge in [0, 0.05) is 19.0 Å². The van der Waals surface area contributed by atoms with E-state index in [1.54, 1.807) is 25.1 Å². The molecule has 2 unspecified atom stereocenters. The van der Waals surface area contributed by atoms with E-state index in [1.807, 2.05) is 0 Å². The number of amides is 2. The molecule has 0 spiro atoms. The Kier molecular flexibility index (Phi) is 6.20. The largest absolute Gasteiger partial charge is 0.494 e. The molecule has 0 saturated carbocycles. The minimum absolute atomic E-state index is 0.156. The van der Waals surface area contributed by atoms with Crippen LogP contribution in [0.4, 0.5) is 9.18 Å². The van der Waals surface area contributed by atoms with Gasteiger partial charge in [-0.25, -0.2) is 9.18 Å². The van der Waals surface area contributed by atoms with Crippen LogP contribution < -0.4 is 15.4 Å². The van der Waals surface area contributed by atoms with Crippen molar-refractivity contribution in [3.05, 3.63) is 53.7 Å². The third-order valence-corrected chi connectivity index (χ3v) is 3.50. The number of aliphatic hydroxyl groups is 1. The van der Waals surface area contributed by atoms with Crippen molar-refractivity contribution in [1.29, 1.82) is 0 Å². The minimum atomic E-state index is -0.786. The zero-order chi connectivity index (χ0) is 17.5. The van der Waals surface area contributed by atoms with Crippen molar-refractivity contribution < 1.29 is 23.4 Å². The van der Waals surface area contributed by atoms with E-state index < -0.39 is 18.0 Å². The first-order valence-electron chi connectivity index (χ1n) is 7.58. The van der Waals surface area contributed by atoms with Crippen molar-refractivity contribution in [2.24, 2.45) is 0 Å². The molecule has 0 saturated heterocycles. The van der Waals surface area contributed by atoms with Crippen LogP contribution in [0, 0.1) is 5.82 Å². The molecule has 0 aliphatic heterocycles. The first kappa shape index (κ1) is 17.8. The van der Waals surface area contributed by atoms with Gasteiger partial charge in [-0.05, 0) is 36.8 Å². The van der Waals surface area contributed by atoms with E-state index in [0.29, 0.717) is 17.7 Å². The highest BCUT2D eigenvalue weighted by molar-refractivity contribution is 5.74. The first-order chi connectivity index (χ1) is 11.5.